The lowest BCUT2D eigenvalue weighted by atomic mass is 9.98. The highest BCUT2D eigenvalue weighted by Gasteiger charge is 2.28. The van der Waals surface area contributed by atoms with Crippen molar-refractivity contribution in [1.82, 2.24) is 10.6 Å². The highest BCUT2D eigenvalue weighted by molar-refractivity contribution is 5.95. The third kappa shape index (κ3) is 5.76. The van der Waals surface area contributed by atoms with Gasteiger partial charge in [0.2, 0.25) is 0 Å². The number of fused-ring (bicyclic) bond motifs is 3. The number of hydrogen-bond acceptors (Lipinski definition) is 4. The lowest BCUT2D eigenvalue weighted by Crippen LogP contribution is -2.29. The minimum Gasteiger partial charge on any atom is -0.478 e. The van der Waals surface area contributed by atoms with Gasteiger partial charge in [-0.05, 0) is 40.3 Å². The Morgan fingerprint density at radius 3 is 2.17 bits per heavy atom. The summed E-state index contributed by atoms with van der Waals surface area (Å²) in [5.74, 6) is -1.39. The molecule has 0 saturated heterocycles. The number of carbonyl (C=O) groups excluding carboxylic acids is 2. The van der Waals surface area contributed by atoms with Gasteiger partial charge in [-0.3, -0.25) is 4.79 Å². The number of rotatable bonds is 9. The molecule has 7 nitrogen and oxygen atoms in total. The van der Waals surface area contributed by atoms with E-state index in [4.69, 9.17) is 9.84 Å². The predicted molar refractivity (Wildman–Crippen MR) is 132 cm³/mol. The van der Waals surface area contributed by atoms with Crippen LogP contribution in [0.3, 0.4) is 0 Å². The van der Waals surface area contributed by atoms with Crippen molar-refractivity contribution in [1.29, 1.82) is 0 Å². The van der Waals surface area contributed by atoms with Gasteiger partial charge < -0.3 is 20.5 Å². The molecule has 3 N–H and O–H groups in total. The van der Waals surface area contributed by atoms with Gasteiger partial charge >= 0.3 is 12.1 Å². The molecule has 0 aliphatic heterocycles. The largest absolute Gasteiger partial charge is 0.478 e. The minimum absolute atomic E-state index is 0.00671. The van der Waals surface area contributed by atoms with Crippen molar-refractivity contribution in [3.05, 3.63) is 107 Å². The molecule has 0 radical (unpaired) electrons. The minimum atomic E-state index is -1.07. The molecular weight excluding hydrogens is 444 g/mol. The fourth-order valence-corrected chi connectivity index (χ4v) is 4.32. The van der Waals surface area contributed by atoms with Crippen LogP contribution >= 0.6 is 0 Å². The average molecular weight is 471 g/mol. The van der Waals surface area contributed by atoms with Crippen molar-refractivity contribution >= 4 is 18.0 Å². The fourth-order valence-electron chi connectivity index (χ4n) is 4.32. The summed E-state index contributed by atoms with van der Waals surface area (Å²) in [7, 11) is 0. The Morgan fingerprint density at radius 2 is 1.49 bits per heavy atom. The van der Waals surface area contributed by atoms with E-state index < -0.39 is 12.1 Å². The number of carboxylic acid groups (broad SMARTS) is 1. The summed E-state index contributed by atoms with van der Waals surface area (Å²) in [5.41, 5.74) is 5.90. The molecule has 0 fully saturated rings. The Labute approximate surface area is 203 Å². The molecule has 0 spiro atoms. The molecule has 35 heavy (non-hydrogen) atoms. The molecule has 0 heterocycles. The van der Waals surface area contributed by atoms with Gasteiger partial charge in [-0.2, -0.15) is 0 Å². The van der Waals surface area contributed by atoms with Gasteiger partial charge in [-0.15, -0.1) is 0 Å². The summed E-state index contributed by atoms with van der Waals surface area (Å²) in [5, 5.41) is 14.0. The quantitative estimate of drug-likeness (QED) is 0.408. The highest BCUT2D eigenvalue weighted by atomic mass is 16.5. The number of aliphatic carboxylic acids is 1. The summed E-state index contributed by atoms with van der Waals surface area (Å²) in [6.45, 7) is 0.653. The first-order chi connectivity index (χ1) is 17.0. The van der Waals surface area contributed by atoms with Gasteiger partial charge in [0.25, 0.3) is 5.91 Å². The Kier molecular flexibility index (Phi) is 7.57. The van der Waals surface area contributed by atoms with Crippen LogP contribution in [0.1, 0.15) is 33.0 Å². The van der Waals surface area contributed by atoms with E-state index in [9.17, 15) is 14.4 Å². The Balaban J connectivity index is 1.29. The third-order valence-corrected chi connectivity index (χ3v) is 5.91. The molecule has 0 saturated carbocycles. The third-order valence-electron chi connectivity index (χ3n) is 5.91. The molecule has 2 amide bonds. The summed E-state index contributed by atoms with van der Waals surface area (Å²) < 4.78 is 5.56. The number of alkyl carbamates (subject to hydrolysis) is 1. The van der Waals surface area contributed by atoms with Gasteiger partial charge in [0, 0.05) is 30.6 Å². The summed E-state index contributed by atoms with van der Waals surface area (Å²) >= 11 is 0. The molecular formula is C28H26N2O5. The first kappa shape index (κ1) is 23.8. The Morgan fingerprint density at radius 1 is 0.857 bits per heavy atom. The number of carbonyl (C=O) groups is 3. The van der Waals surface area contributed by atoms with E-state index in [-0.39, 0.29) is 25.0 Å². The molecule has 3 aromatic rings. The summed E-state index contributed by atoms with van der Waals surface area (Å²) in [6.07, 6.45) is 2.28. The SMILES string of the molecule is O=C(O)/C=C/CNC(=O)c1ccccc1CCNC(=O)OCC1c2ccccc2-c2ccccc21. The molecule has 0 atom stereocenters. The van der Waals surface area contributed by atoms with Crippen LogP contribution in [0.4, 0.5) is 4.79 Å². The van der Waals surface area contributed by atoms with Crippen molar-refractivity contribution < 1.29 is 24.2 Å². The van der Waals surface area contributed by atoms with E-state index in [0.717, 1.165) is 22.8 Å². The lowest BCUT2D eigenvalue weighted by molar-refractivity contribution is -0.131. The monoisotopic (exact) mass is 470 g/mol. The number of nitrogens with one attached hydrogen (secondary N) is 2. The second-order valence-electron chi connectivity index (χ2n) is 8.11. The van der Waals surface area contributed by atoms with Gasteiger partial charge in [-0.1, -0.05) is 72.8 Å². The zero-order chi connectivity index (χ0) is 24.6. The second-order valence-corrected chi connectivity index (χ2v) is 8.11. The first-order valence-electron chi connectivity index (χ1n) is 11.4. The zero-order valence-electron chi connectivity index (χ0n) is 19.1. The molecule has 1 aliphatic carbocycles. The molecule has 178 valence electrons. The Hall–Kier alpha value is -4.39. The molecule has 3 aromatic carbocycles. The van der Waals surface area contributed by atoms with E-state index >= 15 is 0 Å². The average Bonchev–Trinajstić information content (AvgIpc) is 3.19. The van der Waals surface area contributed by atoms with Crippen LogP contribution in [0.2, 0.25) is 0 Å². The van der Waals surface area contributed by atoms with Crippen LogP contribution in [0.25, 0.3) is 11.1 Å². The van der Waals surface area contributed by atoms with E-state index in [0.29, 0.717) is 18.5 Å². The van der Waals surface area contributed by atoms with Gasteiger partial charge in [0.1, 0.15) is 6.61 Å². The number of amides is 2. The summed E-state index contributed by atoms with van der Waals surface area (Å²) in [4.78, 5) is 35.4. The van der Waals surface area contributed by atoms with Crippen molar-refractivity contribution in [3.8, 4) is 11.1 Å². The van der Waals surface area contributed by atoms with Crippen LogP contribution in [-0.4, -0.2) is 42.8 Å². The smallest absolute Gasteiger partial charge is 0.407 e. The molecule has 7 heteroatoms. The van der Waals surface area contributed by atoms with Crippen LogP contribution in [0.15, 0.2) is 84.9 Å². The molecule has 0 aromatic heterocycles. The normalized spacial score (nSPS) is 12.1. The van der Waals surface area contributed by atoms with Crippen LogP contribution in [0, 0.1) is 0 Å². The van der Waals surface area contributed by atoms with Crippen LogP contribution in [0.5, 0.6) is 0 Å². The van der Waals surface area contributed by atoms with Crippen molar-refractivity contribution in [2.24, 2.45) is 0 Å². The maximum atomic E-state index is 12.5. The summed E-state index contributed by atoms with van der Waals surface area (Å²) in [6, 6.07) is 23.4. The fraction of sp³-hybridized carbons (Fsp3) is 0.179. The highest BCUT2D eigenvalue weighted by Crippen LogP contribution is 2.44. The first-order valence-corrected chi connectivity index (χ1v) is 11.4. The second kappa shape index (κ2) is 11.2. The van der Waals surface area contributed by atoms with E-state index in [1.54, 1.807) is 12.1 Å². The predicted octanol–water partition coefficient (Wildman–Crippen LogP) is 4.14. The number of ether oxygens (including phenoxy) is 1. The van der Waals surface area contributed by atoms with Gasteiger partial charge in [0.15, 0.2) is 0 Å². The van der Waals surface area contributed by atoms with Crippen LogP contribution in [-0.2, 0) is 16.0 Å². The van der Waals surface area contributed by atoms with Crippen LogP contribution < -0.4 is 10.6 Å². The van der Waals surface area contributed by atoms with E-state index in [1.807, 2.05) is 36.4 Å². The van der Waals surface area contributed by atoms with Crippen molar-refractivity contribution in [2.45, 2.75) is 12.3 Å². The van der Waals surface area contributed by atoms with E-state index in [2.05, 4.69) is 34.9 Å². The molecule has 4 rings (SSSR count). The maximum Gasteiger partial charge on any atom is 0.407 e. The molecule has 0 unspecified atom stereocenters. The van der Waals surface area contributed by atoms with Crippen molar-refractivity contribution in [2.75, 3.05) is 19.7 Å². The number of benzene rings is 3. The van der Waals surface area contributed by atoms with E-state index in [1.165, 1.54) is 17.2 Å². The van der Waals surface area contributed by atoms with Crippen molar-refractivity contribution in [3.63, 3.8) is 0 Å². The standard InChI is InChI=1S/C28H26N2O5/c31-26(32)14-7-16-29-27(33)20-9-2-1-8-19(20)15-17-30-28(34)35-18-25-23-12-5-3-10-21(23)22-11-4-6-13-24(22)25/h1-14,25H,15-18H2,(H,29,33)(H,30,34)(H,31,32)/b14-7+. The number of carboxylic acids is 1. The maximum absolute atomic E-state index is 12.5. The van der Waals surface area contributed by atoms with Gasteiger partial charge in [-0.25, -0.2) is 9.59 Å². The molecule has 1 aliphatic rings. The zero-order valence-corrected chi connectivity index (χ0v) is 19.1. The topological polar surface area (TPSA) is 105 Å². The van der Waals surface area contributed by atoms with Gasteiger partial charge in [0.05, 0.1) is 0 Å². The lowest BCUT2D eigenvalue weighted by Gasteiger charge is -2.15. The molecule has 0 bridgehead atoms. The Bertz CT molecular complexity index is 1220. The number of hydrogen-bond donors (Lipinski definition) is 3.